The molecule has 0 radical (unpaired) electrons. The number of benzene rings is 2. The highest BCUT2D eigenvalue weighted by molar-refractivity contribution is 5.30. The fourth-order valence-corrected chi connectivity index (χ4v) is 2.64. The highest BCUT2D eigenvalue weighted by atomic mass is 16.5. The Bertz CT molecular complexity index is 572. The molecule has 2 aromatic carbocycles. The molecule has 0 saturated carbocycles. The van der Waals surface area contributed by atoms with Crippen molar-refractivity contribution in [3.05, 3.63) is 70.3 Å². The van der Waals surface area contributed by atoms with Gasteiger partial charge in [0, 0.05) is 19.7 Å². The molecule has 0 aliphatic heterocycles. The van der Waals surface area contributed by atoms with Crippen LogP contribution in [0.1, 0.15) is 40.8 Å². The molecule has 1 N–H and O–H groups in total. The molecule has 1 atom stereocenters. The molecule has 0 heterocycles. The van der Waals surface area contributed by atoms with Crippen molar-refractivity contribution in [3.8, 4) is 0 Å². The van der Waals surface area contributed by atoms with Gasteiger partial charge in [0.05, 0.1) is 6.61 Å². The Labute approximate surface area is 128 Å². The predicted octanol–water partition coefficient (Wildman–Crippen LogP) is 4.30. The summed E-state index contributed by atoms with van der Waals surface area (Å²) in [6.07, 6.45) is 0. The van der Waals surface area contributed by atoms with E-state index in [0.29, 0.717) is 12.6 Å². The maximum Gasteiger partial charge on any atom is 0.0713 e. The van der Waals surface area contributed by atoms with E-state index in [1.807, 2.05) is 0 Å². The molecule has 1 unspecified atom stereocenters. The van der Waals surface area contributed by atoms with Crippen LogP contribution >= 0.6 is 0 Å². The number of methoxy groups -OCH3 is 1. The summed E-state index contributed by atoms with van der Waals surface area (Å²) < 4.78 is 5.18. The van der Waals surface area contributed by atoms with Gasteiger partial charge in [-0.05, 0) is 37.5 Å². The molecule has 0 aromatic heterocycles. The topological polar surface area (TPSA) is 21.3 Å². The Morgan fingerprint density at radius 3 is 2.33 bits per heavy atom. The smallest absolute Gasteiger partial charge is 0.0713 e. The Kier molecular flexibility index (Phi) is 5.54. The van der Waals surface area contributed by atoms with Gasteiger partial charge < -0.3 is 10.1 Å². The molecule has 0 spiro atoms. The Morgan fingerprint density at radius 2 is 1.67 bits per heavy atom. The van der Waals surface area contributed by atoms with Crippen LogP contribution in [0, 0.1) is 13.8 Å². The van der Waals surface area contributed by atoms with E-state index in [2.05, 4.69) is 68.6 Å². The molecule has 0 bridgehead atoms. The Morgan fingerprint density at radius 1 is 1.00 bits per heavy atom. The van der Waals surface area contributed by atoms with E-state index in [4.69, 9.17) is 4.74 Å². The van der Waals surface area contributed by atoms with Gasteiger partial charge in [0.1, 0.15) is 0 Å². The highest BCUT2D eigenvalue weighted by Gasteiger charge is 2.06. The lowest BCUT2D eigenvalue weighted by Gasteiger charge is -2.16. The van der Waals surface area contributed by atoms with Crippen molar-refractivity contribution in [2.45, 2.75) is 40.0 Å². The van der Waals surface area contributed by atoms with Crippen LogP contribution in [-0.2, 0) is 17.9 Å². The van der Waals surface area contributed by atoms with Gasteiger partial charge in [-0.25, -0.2) is 0 Å². The lowest BCUT2D eigenvalue weighted by atomic mass is 10.0. The highest BCUT2D eigenvalue weighted by Crippen LogP contribution is 2.17. The van der Waals surface area contributed by atoms with E-state index >= 15 is 0 Å². The van der Waals surface area contributed by atoms with Crippen molar-refractivity contribution in [1.29, 1.82) is 0 Å². The fourth-order valence-electron chi connectivity index (χ4n) is 2.64. The number of ether oxygens (including phenoxy) is 1. The molecule has 21 heavy (non-hydrogen) atoms. The maximum atomic E-state index is 5.18. The first-order valence-corrected chi connectivity index (χ1v) is 7.47. The summed E-state index contributed by atoms with van der Waals surface area (Å²) in [5.74, 6) is 0. The van der Waals surface area contributed by atoms with Crippen molar-refractivity contribution in [2.75, 3.05) is 7.11 Å². The largest absolute Gasteiger partial charge is 0.380 e. The van der Waals surface area contributed by atoms with Crippen molar-refractivity contribution in [2.24, 2.45) is 0 Å². The number of nitrogens with one attached hydrogen (secondary N) is 1. The third kappa shape index (κ3) is 4.69. The van der Waals surface area contributed by atoms with Gasteiger partial charge >= 0.3 is 0 Å². The summed E-state index contributed by atoms with van der Waals surface area (Å²) in [5.41, 5.74) is 6.50. The summed E-state index contributed by atoms with van der Waals surface area (Å²) in [5, 5.41) is 3.60. The second-order valence-corrected chi connectivity index (χ2v) is 5.78. The number of hydrogen-bond acceptors (Lipinski definition) is 2. The molecular formula is C19H25NO. The summed E-state index contributed by atoms with van der Waals surface area (Å²) in [7, 11) is 1.73. The van der Waals surface area contributed by atoms with Crippen LogP contribution in [0.25, 0.3) is 0 Å². The van der Waals surface area contributed by atoms with Gasteiger partial charge in [0.15, 0.2) is 0 Å². The number of aryl methyl sites for hydroxylation is 2. The molecule has 2 heteroatoms. The van der Waals surface area contributed by atoms with Crippen LogP contribution in [-0.4, -0.2) is 7.11 Å². The van der Waals surface area contributed by atoms with Crippen LogP contribution in [0.5, 0.6) is 0 Å². The van der Waals surface area contributed by atoms with E-state index in [9.17, 15) is 0 Å². The van der Waals surface area contributed by atoms with Gasteiger partial charge in [-0.2, -0.15) is 0 Å². The van der Waals surface area contributed by atoms with Crippen molar-refractivity contribution in [1.82, 2.24) is 5.32 Å². The van der Waals surface area contributed by atoms with Gasteiger partial charge in [0.2, 0.25) is 0 Å². The minimum Gasteiger partial charge on any atom is -0.380 e. The second-order valence-electron chi connectivity index (χ2n) is 5.78. The quantitative estimate of drug-likeness (QED) is 0.853. The predicted molar refractivity (Wildman–Crippen MR) is 88.3 cm³/mol. The minimum absolute atomic E-state index is 0.342. The zero-order chi connectivity index (χ0) is 15.2. The van der Waals surface area contributed by atoms with Gasteiger partial charge in [-0.1, -0.05) is 53.6 Å². The number of rotatable bonds is 6. The molecule has 2 aromatic rings. The van der Waals surface area contributed by atoms with Gasteiger partial charge in [-0.15, -0.1) is 0 Å². The maximum absolute atomic E-state index is 5.18. The normalized spacial score (nSPS) is 12.4. The Balaban J connectivity index is 2.00. The molecule has 0 fully saturated rings. The van der Waals surface area contributed by atoms with Gasteiger partial charge in [-0.3, -0.25) is 0 Å². The van der Waals surface area contributed by atoms with E-state index in [-0.39, 0.29) is 0 Å². The third-order valence-corrected chi connectivity index (χ3v) is 3.66. The summed E-state index contributed by atoms with van der Waals surface area (Å²) in [4.78, 5) is 0. The zero-order valence-electron chi connectivity index (χ0n) is 13.4. The van der Waals surface area contributed by atoms with Crippen LogP contribution < -0.4 is 5.32 Å². The van der Waals surface area contributed by atoms with Crippen molar-refractivity contribution >= 4 is 0 Å². The first-order chi connectivity index (χ1) is 10.1. The molecule has 0 amide bonds. The van der Waals surface area contributed by atoms with Crippen LogP contribution in [0.3, 0.4) is 0 Å². The second kappa shape index (κ2) is 7.39. The number of hydrogen-bond donors (Lipinski definition) is 1. The first kappa shape index (κ1) is 15.7. The molecule has 112 valence electrons. The van der Waals surface area contributed by atoms with E-state index in [1.165, 1.54) is 27.8 Å². The van der Waals surface area contributed by atoms with Gasteiger partial charge in [0.25, 0.3) is 0 Å². The monoisotopic (exact) mass is 283 g/mol. The minimum atomic E-state index is 0.342. The SMILES string of the molecule is COCc1cccc(CNC(C)c2cc(C)cc(C)c2)c1. The summed E-state index contributed by atoms with van der Waals surface area (Å²) in [6, 6.07) is 15.6. The lowest BCUT2D eigenvalue weighted by molar-refractivity contribution is 0.185. The average molecular weight is 283 g/mol. The van der Waals surface area contributed by atoms with Crippen LogP contribution in [0.4, 0.5) is 0 Å². The van der Waals surface area contributed by atoms with E-state index in [0.717, 1.165) is 6.54 Å². The molecule has 2 rings (SSSR count). The summed E-state index contributed by atoms with van der Waals surface area (Å²) >= 11 is 0. The van der Waals surface area contributed by atoms with E-state index < -0.39 is 0 Å². The van der Waals surface area contributed by atoms with Crippen LogP contribution in [0.2, 0.25) is 0 Å². The lowest BCUT2D eigenvalue weighted by Crippen LogP contribution is -2.18. The standard InChI is InChI=1S/C19H25NO/c1-14-8-15(2)10-19(9-14)16(3)20-12-17-6-5-7-18(11-17)13-21-4/h5-11,16,20H,12-13H2,1-4H3. The van der Waals surface area contributed by atoms with Crippen molar-refractivity contribution < 1.29 is 4.74 Å². The van der Waals surface area contributed by atoms with Crippen molar-refractivity contribution in [3.63, 3.8) is 0 Å². The molecule has 0 aliphatic carbocycles. The average Bonchev–Trinajstić information content (AvgIpc) is 2.44. The molecule has 0 saturated heterocycles. The molecular weight excluding hydrogens is 258 g/mol. The Hall–Kier alpha value is -1.64. The fraction of sp³-hybridized carbons (Fsp3) is 0.368. The molecule has 0 aliphatic rings. The third-order valence-electron chi connectivity index (χ3n) is 3.66. The zero-order valence-corrected chi connectivity index (χ0v) is 13.4. The van der Waals surface area contributed by atoms with Crippen LogP contribution in [0.15, 0.2) is 42.5 Å². The van der Waals surface area contributed by atoms with E-state index in [1.54, 1.807) is 7.11 Å². The molecule has 2 nitrogen and oxygen atoms in total. The first-order valence-electron chi connectivity index (χ1n) is 7.47. The summed E-state index contributed by atoms with van der Waals surface area (Å²) in [6.45, 7) is 8.05.